The molecule has 2 aliphatic heterocycles. The Morgan fingerprint density at radius 2 is 1.83 bits per heavy atom. The predicted molar refractivity (Wildman–Crippen MR) is 119 cm³/mol. The molecule has 0 aliphatic carbocycles. The second kappa shape index (κ2) is 8.22. The Kier molecular flexibility index (Phi) is 6.20. The SMILES string of the molecule is Cc1cc(C)cc(N2C(=NC(=O)CNC(=O)OC(C)(C)C)S[C@@H]3CS(=O)(=O)C[C@@H]32)c1. The van der Waals surface area contributed by atoms with Gasteiger partial charge in [-0.2, -0.15) is 4.99 Å². The Hall–Kier alpha value is -2.07. The zero-order valence-electron chi connectivity index (χ0n) is 17.8. The van der Waals surface area contributed by atoms with E-state index in [0.29, 0.717) is 5.17 Å². The number of ether oxygens (including phenoxy) is 1. The Morgan fingerprint density at radius 1 is 1.20 bits per heavy atom. The van der Waals surface area contributed by atoms with Gasteiger partial charge in [0.15, 0.2) is 15.0 Å². The zero-order valence-corrected chi connectivity index (χ0v) is 19.4. The highest BCUT2D eigenvalue weighted by Crippen LogP contribution is 2.41. The van der Waals surface area contributed by atoms with E-state index in [1.54, 1.807) is 20.8 Å². The lowest BCUT2D eigenvalue weighted by atomic mass is 10.1. The van der Waals surface area contributed by atoms with Gasteiger partial charge in [0.25, 0.3) is 5.91 Å². The molecule has 0 bridgehead atoms. The van der Waals surface area contributed by atoms with Crippen LogP contribution in [0.4, 0.5) is 10.5 Å². The van der Waals surface area contributed by atoms with Gasteiger partial charge in [-0.25, -0.2) is 13.2 Å². The molecule has 1 aromatic rings. The molecule has 0 aromatic heterocycles. The quantitative estimate of drug-likeness (QED) is 0.749. The molecule has 1 N–H and O–H groups in total. The summed E-state index contributed by atoms with van der Waals surface area (Å²) in [4.78, 5) is 30.2. The van der Waals surface area contributed by atoms with Gasteiger partial charge in [-0.1, -0.05) is 17.8 Å². The van der Waals surface area contributed by atoms with Crippen LogP contribution in [0.15, 0.2) is 23.2 Å². The predicted octanol–water partition coefficient (Wildman–Crippen LogP) is 2.43. The van der Waals surface area contributed by atoms with E-state index >= 15 is 0 Å². The van der Waals surface area contributed by atoms with Crippen molar-refractivity contribution in [3.05, 3.63) is 29.3 Å². The van der Waals surface area contributed by atoms with Crippen molar-refractivity contribution < 1.29 is 22.7 Å². The molecule has 8 nitrogen and oxygen atoms in total. The molecule has 2 atom stereocenters. The number of hydrogen-bond acceptors (Lipinski definition) is 6. The average molecular weight is 454 g/mol. The highest BCUT2D eigenvalue weighted by atomic mass is 32.2. The van der Waals surface area contributed by atoms with Gasteiger partial charge in [-0.3, -0.25) is 4.79 Å². The highest BCUT2D eigenvalue weighted by molar-refractivity contribution is 8.16. The van der Waals surface area contributed by atoms with E-state index in [9.17, 15) is 18.0 Å². The van der Waals surface area contributed by atoms with Crippen LogP contribution in [0.3, 0.4) is 0 Å². The van der Waals surface area contributed by atoms with Crippen LogP contribution in [0.5, 0.6) is 0 Å². The Morgan fingerprint density at radius 3 is 2.43 bits per heavy atom. The number of amidine groups is 1. The number of nitrogens with zero attached hydrogens (tertiary/aromatic N) is 2. The largest absolute Gasteiger partial charge is 0.444 e. The summed E-state index contributed by atoms with van der Waals surface area (Å²) in [7, 11) is -3.13. The normalized spacial score (nSPS) is 24.0. The van der Waals surface area contributed by atoms with Crippen molar-refractivity contribution in [2.45, 2.75) is 51.5 Å². The van der Waals surface area contributed by atoms with Crippen LogP contribution in [0.25, 0.3) is 0 Å². The van der Waals surface area contributed by atoms with Crippen LogP contribution in [0.1, 0.15) is 31.9 Å². The van der Waals surface area contributed by atoms with Crippen molar-refractivity contribution in [1.29, 1.82) is 0 Å². The topological polar surface area (TPSA) is 105 Å². The smallest absolute Gasteiger partial charge is 0.408 e. The standard InChI is InChI=1S/C20H27N3O5S2/c1-12-6-13(2)8-14(7-12)23-15-10-30(26,27)11-16(15)29-18(23)22-17(24)9-21-19(25)28-20(3,4)5/h6-8,15-16H,9-11H2,1-5H3,(H,21,25)/t15-,16+/m0/s1. The molecular weight excluding hydrogens is 426 g/mol. The maximum Gasteiger partial charge on any atom is 0.408 e. The summed E-state index contributed by atoms with van der Waals surface area (Å²) in [6, 6.07) is 5.67. The van der Waals surface area contributed by atoms with Crippen molar-refractivity contribution in [2.24, 2.45) is 4.99 Å². The maximum absolute atomic E-state index is 12.4. The number of nitrogens with one attached hydrogen (secondary N) is 1. The number of benzene rings is 1. The number of fused-ring (bicyclic) bond motifs is 1. The van der Waals surface area contributed by atoms with Gasteiger partial charge in [0.05, 0.1) is 17.5 Å². The number of thioether (sulfide) groups is 1. The van der Waals surface area contributed by atoms with E-state index < -0.39 is 27.4 Å². The van der Waals surface area contributed by atoms with E-state index in [1.807, 2.05) is 36.9 Å². The molecule has 3 rings (SSSR count). The molecule has 1 aromatic carbocycles. The molecule has 164 valence electrons. The molecule has 2 amide bonds. The number of carbonyl (C=O) groups excluding carboxylic acids is 2. The van der Waals surface area contributed by atoms with Crippen LogP contribution in [0.2, 0.25) is 0 Å². The highest BCUT2D eigenvalue weighted by Gasteiger charge is 2.49. The fourth-order valence-electron chi connectivity index (χ4n) is 3.56. The average Bonchev–Trinajstić information content (AvgIpc) is 3.01. The van der Waals surface area contributed by atoms with Crippen molar-refractivity contribution in [3.8, 4) is 0 Å². The third-order valence-electron chi connectivity index (χ3n) is 4.55. The third-order valence-corrected chi connectivity index (χ3v) is 7.76. The minimum atomic E-state index is -3.13. The number of sulfone groups is 1. The first-order valence-corrected chi connectivity index (χ1v) is 12.4. The maximum atomic E-state index is 12.4. The van der Waals surface area contributed by atoms with Gasteiger partial charge in [-0.05, 0) is 57.9 Å². The van der Waals surface area contributed by atoms with Crippen LogP contribution in [-0.4, -0.2) is 60.5 Å². The monoisotopic (exact) mass is 453 g/mol. The zero-order chi connectivity index (χ0) is 22.3. The summed E-state index contributed by atoms with van der Waals surface area (Å²) in [5.41, 5.74) is 2.23. The van der Waals surface area contributed by atoms with E-state index in [2.05, 4.69) is 10.3 Å². The fourth-order valence-corrected chi connectivity index (χ4v) is 7.50. The van der Waals surface area contributed by atoms with Gasteiger partial charge < -0.3 is 15.0 Å². The lowest BCUT2D eigenvalue weighted by molar-refractivity contribution is -0.117. The summed E-state index contributed by atoms with van der Waals surface area (Å²) in [6.45, 7) is 8.84. The van der Waals surface area contributed by atoms with E-state index in [4.69, 9.17) is 4.74 Å². The second-order valence-corrected chi connectivity index (χ2v) is 12.0. The number of hydrogen-bond donors (Lipinski definition) is 1. The molecule has 2 saturated heterocycles. The minimum absolute atomic E-state index is 0.0288. The molecule has 10 heteroatoms. The number of aliphatic imine (C=N–C) groups is 1. The number of carbonyl (C=O) groups is 2. The number of aryl methyl sites for hydroxylation is 2. The van der Waals surface area contributed by atoms with Crippen LogP contribution < -0.4 is 10.2 Å². The fraction of sp³-hybridized carbons (Fsp3) is 0.550. The number of amides is 2. The number of anilines is 1. The molecule has 2 aliphatic rings. The van der Waals surface area contributed by atoms with Gasteiger partial charge in [-0.15, -0.1) is 0 Å². The van der Waals surface area contributed by atoms with Crippen molar-refractivity contribution in [3.63, 3.8) is 0 Å². The third kappa shape index (κ3) is 5.54. The summed E-state index contributed by atoms with van der Waals surface area (Å²) < 4.78 is 29.5. The summed E-state index contributed by atoms with van der Waals surface area (Å²) in [5.74, 6) is -0.436. The number of rotatable bonds is 3. The lowest BCUT2D eigenvalue weighted by Gasteiger charge is -2.25. The van der Waals surface area contributed by atoms with Gasteiger partial charge >= 0.3 is 6.09 Å². The molecule has 0 spiro atoms. The summed E-state index contributed by atoms with van der Waals surface area (Å²) in [5, 5.41) is 2.69. The minimum Gasteiger partial charge on any atom is -0.444 e. The van der Waals surface area contributed by atoms with Crippen LogP contribution in [0, 0.1) is 13.8 Å². The first kappa shape index (κ1) is 22.6. The molecular formula is C20H27N3O5S2. The van der Waals surface area contributed by atoms with Gasteiger partial charge in [0.2, 0.25) is 0 Å². The van der Waals surface area contributed by atoms with E-state index in [1.165, 1.54) is 11.8 Å². The Labute approximate surface area is 181 Å². The lowest BCUT2D eigenvalue weighted by Crippen LogP contribution is -2.38. The molecule has 2 fully saturated rings. The van der Waals surface area contributed by atoms with Crippen molar-refractivity contribution >= 4 is 44.5 Å². The van der Waals surface area contributed by atoms with Gasteiger partial charge in [0.1, 0.15) is 12.1 Å². The number of alkyl carbamates (subject to hydrolysis) is 1. The molecule has 30 heavy (non-hydrogen) atoms. The van der Waals surface area contributed by atoms with Crippen LogP contribution >= 0.6 is 11.8 Å². The Balaban J connectivity index is 1.82. The van der Waals surface area contributed by atoms with Crippen molar-refractivity contribution in [1.82, 2.24) is 5.32 Å². The molecule has 0 unspecified atom stereocenters. The van der Waals surface area contributed by atoms with E-state index in [-0.39, 0.29) is 29.3 Å². The molecule has 0 radical (unpaired) electrons. The molecule has 0 saturated carbocycles. The second-order valence-electron chi connectivity index (χ2n) is 8.66. The Bertz CT molecular complexity index is 978. The summed E-state index contributed by atoms with van der Waals surface area (Å²) in [6.07, 6.45) is -0.691. The first-order valence-electron chi connectivity index (χ1n) is 9.66. The molecule has 2 heterocycles. The van der Waals surface area contributed by atoms with E-state index in [0.717, 1.165) is 16.8 Å². The van der Waals surface area contributed by atoms with Gasteiger partial charge in [0, 0.05) is 10.9 Å². The van der Waals surface area contributed by atoms with Crippen LogP contribution in [-0.2, 0) is 19.4 Å². The summed E-state index contributed by atoms with van der Waals surface area (Å²) >= 11 is 1.30. The first-order chi connectivity index (χ1) is 13.8. The van der Waals surface area contributed by atoms with Crippen molar-refractivity contribution in [2.75, 3.05) is 23.0 Å².